The number of nitrogens with zero attached hydrogens (tertiary/aromatic N) is 1. The van der Waals surface area contributed by atoms with Crippen molar-refractivity contribution in [1.29, 1.82) is 0 Å². The normalized spacial score (nSPS) is 11.6. The molecule has 116 valence electrons. The average molecular weight is 313 g/mol. The summed E-state index contributed by atoms with van der Waals surface area (Å²) in [6, 6.07) is 3.59. The van der Waals surface area contributed by atoms with Crippen LogP contribution in [0.5, 0.6) is 0 Å². The molecule has 0 saturated carbocycles. The molecule has 0 amide bonds. The summed E-state index contributed by atoms with van der Waals surface area (Å²) in [5, 5.41) is 8.84. The maximum absolute atomic E-state index is 13.2. The third kappa shape index (κ3) is 2.85. The van der Waals surface area contributed by atoms with Crippen LogP contribution in [0.4, 0.5) is 13.2 Å². The summed E-state index contributed by atoms with van der Waals surface area (Å²) in [4.78, 5) is 34.0. The Morgan fingerprint density at radius 3 is 2.36 bits per heavy atom. The number of carboxylic acid groups (broad SMARTS) is 1. The van der Waals surface area contributed by atoms with Crippen LogP contribution in [0.15, 0.2) is 29.1 Å². The minimum atomic E-state index is -4.87. The first-order valence-corrected chi connectivity index (χ1v) is 6.09. The van der Waals surface area contributed by atoms with Gasteiger partial charge in [-0.15, -0.1) is 0 Å². The van der Waals surface area contributed by atoms with E-state index in [1.165, 1.54) is 0 Å². The molecule has 0 bridgehead atoms. The number of aromatic carboxylic acids is 1. The molecule has 0 spiro atoms. The molecule has 8 heteroatoms. The first-order valence-electron chi connectivity index (χ1n) is 6.09. The summed E-state index contributed by atoms with van der Waals surface area (Å²) in [5.74, 6) is -2.01. The Hall–Kier alpha value is -2.64. The zero-order valence-corrected chi connectivity index (χ0v) is 11.3. The summed E-state index contributed by atoms with van der Waals surface area (Å²) >= 11 is 0. The Kier molecular flexibility index (Phi) is 3.78. The fourth-order valence-electron chi connectivity index (χ4n) is 2.17. The van der Waals surface area contributed by atoms with Gasteiger partial charge in [0, 0.05) is 6.07 Å². The third-order valence-corrected chi connectivity index (χ3v) is 3.01. The standard InChI is InChI=1S/C14H10F3NO4/c1-7(19)6-18-11(20)3-2-8-4-9(13(21)22)5-10(12(8)18)14(15,16)17/h2-5H,6H2,1H3,(H,21,22). The number of carbonyl (C=O) groups is 2. The van der Waals surface area contributed by atoms with E-state index >= 15 is 0 Å². The summed E-state index contributed by atoms with van der Waals surface area (Å²) in [5.41, 5.74) is -3.08. The number of hydrogen-bond donors (Lipinski definition) is 1. The van der Waals surface area contributed by atoms with Crippen LogP contribution >= 0.6 is 0 Å². The highest BCUT2D eigenvalue weighted by Crippen LogP contribution is 2.35. The summed E-state index contributed by atoms with van der Waals surface area (Å²) in [6.45, 7) is 0.621. The highest BCUT2D eigenvalue weighted by atomic mass is 19.4. The van der Waals surface area contributed by atoms with Crippen LogP contribution in [0.1, 0.15) is 22.8 Å². The molecule has 1 N–H and O–H groups in total. The predicted octanol–water partition coefficient (Wildman–Crippen LogP) is 2.31. The Morgan fingerprint density at radius 2 is 1.86 bits per heavy atom. The first kappa shape index (κ1) is 15.7. The second-order valence-electron chi connectivity index (χ2n) is 4.72. The van der Waals surface area contributed by atoms with Gasteiger partial charge in [0.05, 0.1) is 23.2 Å². The van der Waals surface area contributed by atoms with Crippen molar-refractivity contribution in [2.24, 2.45) is 0 Å². The maximum atomic E-state index is 13.2. The molecular weight excluding hydrogens is 303 g/mol. The molecule has 2 aromatic rings. The van der Waals surface area contributed by atoms with Crippen LogP contribution in [-0.2, 0) is 17.5 Å². The molecule has 0 aliphatic rings. The molecule has 22 heavy (non-hydrogen) atoms. The van der Waals surface area contributed by atoms with E-state index in [0.717, 1.165) is 25.1 Å². The molecule has 2 rings (SSSR count). The lowest BCUT2D eigenvalue weighted by molar-refractivity contribution is -0.136. The number of rotatable bonds is 3. The number of benzene rings is 1. The number of carbonyl (C=O) groups excluding carboxylic acids is 1. The van der Waals surface area contributed by atoms with Crippen LogP contribution in [0.2, 0.25) is 0 Å². The average Bonchev–Trinajstić information content (AvgIpc) is 2.39. The second-order valence-corrected chi connectivity index (χ2v) is 4.72. The monoisotopic (exact) mass is 313 g/mol. The highest BCUT2D eigenvalue weighted by Gasteiger charge is 2.35. The van der Waals surface area contributed by atoms with Gasteiger partial charge in [-0.1, -0.05) is 0 Å². The summed E-state index contributed by atoms with van der Waals surface area (Å²) < 4.78 is 40.4. The van der Waals surface area contributed by atoms with Crippen molar-refractivity contribution in [3.05, 3.63) is 45.7 Å². The van der Waals surface area contributed by atoms with Gasteiger partial charge in [0.15, 0.2) is 0 Å². The number of ketones is 1. The second kappa shape index (κ2) is 5.28. The van der Waals surface area contributed by atoms with Gasteiger partial charge in [-0.05, 0) is 30.5 Å². The van der Waals surface area contributed by atoms with Gasteiger partial charge in [0.2, 0.25) is 0 Å². The molecule has 0 atom stereocenters. The predicted molar refractivity (Wildman–Crippen MR) is 70.9 cm³/mol. The molecule has 5 nitrogen and oxygen atoms in total. The van der Waals surface area contributed by atoms with E-state index in [1.807, 2.05) is 0 Å². The van der Waals surface area contributed by atoms with Crippen molar-refractivity contribution in [2.45, 2.75) is 19.6 Å². The number of alkyl halides is 3. The Balaban J connectivity index is 2.97. The lowest BCUT2D eigenvalue weighted by Gasteiger charge is -2.16. The van der Waals surface area contributed by atoms with Gasteiger partial charge >= 0.3 is 12.1 Å². The van der Waals surface area contributed by atoms with Crippen molar-refractivity contribution in [3.63, 3.8) is 0 Å². The molecular formula is C14H10F3NO4. The van der Waals surface area contributed by atoms with Crippen molar-refractivity contribution < 1.29 is 27.9 Å². The van der Waals surface area contributed by atoms with Gasteiger partial charge in [0.1, 0.15) is 5.78 Å². The number of pyridine rings is 1. The lowest BCUT2D eigenvalue weighted by Crippen LogP contribution is -2.25. The van der Waals surface area contributed by atoms with Crippen LogP contribution in [0.3, 0.4) is 0 Å². The minimum absolute atomic E-state index is 0.0759. The van der Waals surface area contributed by atoms with Crippen LogP contribution in [-0.4, -0.2) is 21.4 Å². The number of hydrogen-bond acceptors (Lipinski definition) is 3. The van der Waals surface area contributed by atoms with E-state index in [4.69, 9.17) is 5.11 Å². The van der Waals surface area contributed by atoms with E-state index in [1.54, 1.807) is 0 Å². The fraction of sp³-hybridized carbons (Fsp3) is 0.214. The van der Waals surface area contributed by atoms with Crippen LogP contribution < -0.4 is 5.56 Å². The molecule has 0 saturated heterocycles. The quantitative estimate of drug-likeness (QED) is 0.943. The van der Waals surface area contributed by atoms with E-state index in [-0.39, 0.29) is 5.39 Å². The van der Waals surface area contributed by atoms with Gasteiger partial charge in [-0.25, -0.2) is 4.79 Å². The first-order chi connectivity index (χ1) is 10.1. The molecule has 1 heterocycles. The number of aromatic nitrogens is 1. The van der Waals surface area contributed by atoms with Gasteiger partial charge < -0.3 is 9.67 Å². The fourth-order valence-corrected chi connectivity index (χ4v) is 2.17. The van der Waals surface area contributed by atoms with Crippen molar-refractivity contribution in [1.82, 2.24) is 4.57 Å². The van der Waals surface area contributed by atoms with Crippen molar-refractivity contribution in [3.8, 4) is 0 Å². The molecule has 0 unspecified atom stereocenters. The highest BCUT2D eigenvalue weighted by molar-refractivity contribution is 5.95. The van der Waals surface area contributed by atoms with E-state index in [2.05, 4.69) is 0 Å². The number of carboxylic acids is 1. The SMILES string of the molecule is CC(=O)Cn1c(=O)ccc2cc(C(=O)O)cc(C(F)(F)F)c21. The molecule has 0 radical (unpaired) electrons. The molecule has 0 fully saturated rings. The van der Waals surface area contributed by atoms with Crippen molar-refractivity contribution in [2.75, 3.05) is 0 Å². The summed E-state index contributed by atoms with van der Waals surface area (Å²) in [6.07, 6.45) is -4.87. The smallest absolute Gasteiger partial charge is 0.418 e. The zero-order chi connectivity index (χ0) is 16.7. The van der Waals surface area contributed by atoms with Crippen LogP contribution in [0.25, 0.3) is 10.9 Å². The molecule has 0 aliphatic carbocycles. The molecule has 1 aromatic carbocycles. The lowest BCUT2D eigenvalue weighted by atomic mass is 10.0. The Labute approximate surface area is 121 Å². The maximum Gasteiger partial charge on any atom is 0.418 e. The number of fused-ring (bicyclic) bond motifs is 1. The largest absolute Gasteiger partial charge is 0.478 e. The zero-order valence-electron chi connectivity index (χ0n) is 11.3. The van der Waals surface area contributed by atoms with Gasteiger partial charge in [0.25, 0.3) is 5.56 Å². The van der Waals surface area contributed by atoms with Crippen molar-refractivity contribution >= 4 is 22.7 Å². The summed E-state index contributed by atoms with van der Waals surface area (Å²) in [7, 11) is 0. The van der Waals surface area contributed by atoms with Gasteiger partial charge in [-0.2, -0.15) is 13.2 Å². The van der Waals surface area contributed by atoms with Crippen LogP contribution in [0, 0.1) is 0 Å². The number of Topliss-reactive ketones (excluding diaryl/α,β-unsaturated/α-hetero) is 1. The molecule has 1 aromatic heterocycles. The van der Waals surface area contributed by atoms with Gasteiger partial charge in [-0.3, -0.25) is 9.59 Å². The Bertz CT molecular complexity index is 836. The van der Waals surface area contributed by atoms with E-state index in [9.17, 15) is 27.6 Å². The Morgan fingerprint density at radius 1 is 1.23 bits per heavy atom. The van der Waals surface area contributed by atoms with E-state index in [0.29, 0.717) is 10.6 Å². The molecule has 0 aliphatic heterocycles. The van der Waals surface area contributed by atoms with E-state index < -0.39 is 46.7 Å². The third-order valence-electron chi connectivity index (χ3n) is 3.01. The topological polar surface area (TPSA) is 76.4 Å². The number of halogens is 3. The minimum Gasteiger partial charge on any atom is -0.478 e.